The van der Waals surface area contributed by atoms with Crippen LogP contribution in [0.15, 0.2) is 54.6 Å². The molecule has 35 heavy (non-hydrogen) atoms. The molecule has 3 aromatic carbocycles. The van der Waals surface area contributed by atoms with Gasteiger partial charge in [-0.2, -0.15) is 5.26 Å². The van der Waals surface area contributed by atoms with Crippen LogP contribution < -0.4 is 10.1 Å². The fourth-order valence-corrected chi connectivity index (χ4v) is 5.40. The minimum Gasteiger partial charge on any atom is -0.494 e. The predicted molar refractivity (Wildman–Crippen MR) is 136 cm³/mol. The largest absolute Gasteiger partial charge is 0.494 e. The van der Waals surface area contributed by atoms with Crippen LogP contribution in [0.1, 0.15) is 49.4 Å². The van der Waals surface area contributed by atoms with Gasteiger partial charge in [-0.3, -0.25) is 4.79 Å². The number of methoxy groups -OCH3 is 1. The molecule has 0 radical (unpaired) electrons. The zero-order valence-electron chi connectivity index (χ0n) is 20.8. The number of hydrogen-bond acceptors (Lipinski definition) is 4. The van der Waals surface area contributed by atoms with Crippen molar-refractivity contribution in [2.45, 2.75) is 38.1 Å². The Kier molecular flexibility index (Phi) is 7.09. The number of carbonyl (C=O) groups is 1. The fraction of sp³-hybridized carbons (Fsp3) is 0.379. The standard InChI is InChI=1S/C29H32FN3O2/c1-19(29(11-13-33(3)14-12-29)23-9-10-27(35-4)26(30)17-23)28(34)32-20(2)25-16-21(18-31)15-22-7-5-6-8-24(22)25/h5-10,15-17,19-20H,11-14H2,1-4H3,(H,32,34). The first kappa shape index (κ1) is 24.7. The zero-order chi connectivity index (χ0) is 25.2. The Labute approximate surface area is 206 Å². The van der Waals surface area contributed by atoms with E-state index in [0.29, 0.717) is 5.56 Å². The van der Waals surface area contributed by atoms with E-state index in [1.807, 2.05) is 56.3 Å². The second-order valence-electron chi connectivity index (χ2n) is 9.66. The van der Waals surface area contributed by atoms with Gasteiger partial charge in [-0.1, -0.05) is 37.3 Å². The molecule has 1 aliphatic rings. The normalized spacial score (nSPS) is 17.4. The van der Waals surface area contributed by atoms with Crippen molar-refractivity contribution in [3.8, 4) is 11.8 Å². The molecule has 1 amide bonds. The van der Waals surface area contributed by atoms with Crippen molar-refractivity contribution >= 4 is 16.7 Å². The number of ether oxygens (including phenoxy) is 1. The molecule has 1 heterocycles. The van der Waals surface area contributed by atoms with Crippen molar-refractivity contribution < 1.29 is 13.9 Å². The third kappa shape index (κ3) is 4.74. The number of halogens is 1. The van der Waals surface area contributed by atoms with Crippen molar-refractivity contribution in [1.82, 2.24) is 10.2 Å². The maximum Gasteiger partial charge on any atom is 0.224 e. The summed E-state index contributed by atoms with van der Waals surface area (Å²) < 4.78 is 19.8. The maximum absolute atomic E-state index is 14.7. The van der Waals surface area contributed by atoms with Gasteiger partial charge in [0, 0.05) is 11.3 Å². The van der Waals surface area contributed by atoms with Crippen LogP contribution in [0.5, 0.6) is 5.75 Å². The van der Waals surface area contributed by atoms with Crippen molar-refractivity contribution in [1.29, 1.82) is 5.26 Å². The Morgan fingerprint density at radius 3 is 2.51 bits per heavy atom. The van der Waals surface area contributed by atoms with Gasteiger partial charge in [0.2, 0.25) is 5.91 Å². The Balaban J connectivity index is 1.66. The van der Waals surface area contributed by atoms with Crippen LogP contribution in [-0.2, 0) is 10.2 Å². The van der Waals surface area contributed by atoms with E-state index in [-0.39, 0.29) is 23.6 Å². The van der Waals surface area contributed by atoms with E-state index in [4.69, 9.17) is 4.74 Å². The molecule has 1 aliphatic heterocycles. The van der Waals surface area contributed by atoms with Gasteiger partial charge in [0.1, 0.15) is 0 Å². The molecule has 1 saturated heterocycles. The third-order valence-electron chi connectivity index (χ3n) is 7.68. The molecule has 0 aromatic heterocycles. The molecule has 0 bridgehead atoms. The number of hydrogen-bond donors (Lipinski definition) is 1. The highest BCUT2D eigenvalue weighted by atomic mass is 19.1. The summed E-state index contributed by atoms with van der Waals surface area (Å²) in [7, 11) is 3.52. The molecular formula is C29H32FN3O2. The van der Waals surface area contributed by atoms with Crippen molar-refractivity contribution in [2.24, 2.45) is 5.92 Å². The lowest BCUT2D eigenvalue weighted by Gasteiger charge is -2.45. The van der Waals surface area contributed by atoms with E-state index in [1.165, 1.54) is 13.2 Å². The molecule has 0 spiro atoms. The Bertz CT molecular complexity index is 1270. The van der Waals surface area contributed by atoms with E-state index >= 15 is 0 Å². The predicted octanol–water partition coefficient (Wildman–Crippen LogP) is 5.34. The molecule has 2 atom stereocenters. The molecule has 1 N–H and O–H groups in total. The number of nitriles is 1. The molecule has 2 unspecified atom stereocenters. The summed E-state index contributed by atoms with van der Waals surface area (Å²) in [6.07, 6.45) is 1.51. The SMILES string of the molecule is COc1ccc(C2(C(C)C(=O)NC(C)c3cc(C#N)cc4ccccc34)CCN(C)CC2)cc1F. The van der Waals surface area contributed by atoms with Gasteiger partial charge in [0.15, 0.2) is 11.6 Å². The summed E-state index contributed by atoms with van der Waals surface area (Å²) in [5, 5.41) is 14.7. The van der Waals surface area contributed by atoms with Crippen LogP contribution in [0.25, 0.3) is 10.8 Å². The lowest BCUT2D eigenvalue weighted by molar-refractivity contribution is -0.128. The van der Waals surface area contributed by atoms with E-state index in [2.05, 4.69) is 23.3 Å². The number of likely N-dealkylation sites (tertiary alicyclic amines) is 1. The van der Waals surface area contributed by atoms with Gasteiger partial charge in [-0.05, 0) is 86.1 Å². The molecule has 3 aromatic rings. The van der Waals surface area contributed by atoms with Gasteiger partial charge in [0.05, 0.1) is 24.8 Å². The second kappa shape index (κ2) is 10.1. The topological polar surface area (TPSA) is 65.4 Å². The highest BCUT2D eigenvalue weighted by Gasteiger charge is 2.44. The monoisotopic (exact) mass is 473 g/mol. The van der Waals surface area contributed by atoms with Crippen LogP contribution in [0.4, 0.5) is 4.39 Å². The number of amides is 1. The Morgan fingerprint density at radius 1 is 1.14 bits per heavy atom. The van der Waals surface area contributed by atoms with Crippen molar-refractivity contribution in [2.75, 3.05) is 27.2 Å². The molecule has 182 valence electrons. The Hall–Kier alpha value is -3.43. The van der Waals surface area contributed by atoms with Crippen LogP contribution in [0.3, 0.4) is 0 Å². The Morgan fingerprint density at radius 2 is 1.86 bits per heavy atom. The average Bonchev–Trinajstić information content (AvgIpc) is 2.88. The van der Waals surface area contributed by atoms with E-state index in [9.17, 15) is 14.4 Å². The first-order valence-corrected chi connectivity index (χ1v) is 12.0. The third-order valence-corrected chi connectivity index (χ3v) is 7.68. The molecule has 1 fully saturated rings. The van der Waals surface area contributed by atoms with Crippen LogP contribution >= 0.6 is 0 Å². The number of nitrogens with zero attached hydrogens (tertiary/aromatic N) is 2. The molecule has 5 nitrogen and oxygen atoms in total. The number of piperidine rings is 1. The van der Waals surface area contributed by atoms with Gasteiger partial charge in [-0.25, -0.2) is 4.39 Å². The molecular weight excluding hydrogens is 441 g/mol. The van der Waals surface area contributed by atoms with E-state index < -0.39 is 11.2 Å². The van der Waals surface area contributed by atoms with E-state index in [1.54, 1.807) is 6.07 Å². The van der Waals surface area contributed by atoms with Crippen LogP contribution in [-0.4, -0.2) is 38.1 Å². The second-order valence-corrected chi connectivity index (χ2v) is 9.66. The summed E-state index contributed by atoms with van der Waals surface area (Å²) >= 11 is 0. The summed E-state index contributed by atoms with van der Waals surface area (Å²) in [4.78, 5) is 15.9. The van der Waals surface area contributed by atoms with Gasteiger partial charge < -0.3 is 15.0 Å². The molecule has 0 saturated carbocycles. The quantitative estimate of drug-likeness (QED) is 0.525. The molecule has 4 rings (SSSR count). The lowest BCUT2D eigenvalue weighted by Crippen LogP contribution is -2.50. The van der Waals surface area contributed by atoms with Crippen molar-refractivity contribution in [3.63, 3.8) is 0 Å². The van der Waals surface area contributed by atoms with Crippen LogP contribution in [0.2, 0.25) is 0 Å². The fourth-order valence-electron chi connectivity index (χ4n) is 5.40. The highest BCUT2D eigenvalue weighted by Crippen LogP contribution is 2.43. The maximum atomic E-state index is 14.7. The number of carbonyl (C=O) groups excluding carboxylic acids is 1. The average molecular weight is 474 g/mol. The zero-order valence-corrected chi connectivity index (χ0v) is 20.8. The van der Waals surface area contributed by atoms with E-state index in [0.717, 1.165) is 47.8 Å². The van der Waals surface area contributed by atoms with Gasteiger partial charge in [0.25, 0.3) is 0 Å². The first-order chi connectivity index (χ1) is 16.8. The summed E-state index contributed by atoms with van der Waals surface area (Å²) in [6.45, 7) is 5.55. The first-order valence-electron chi connectivity index (χ1n) is 12.0. The molecule has 0 aliphatic carbocycles. The highest BCUT2D eigenvalue weighted by molar-refractivity contribution is 5.88. The number of rotatable bonds is 6. The van der Waals surface area contributed by atoms with Crippen LogP contribution in [0, 0.1) is 23.1 Å². The summed E-state index contributed by atoms with van der Waals surface area (Å²) in [5.41, 5.74) is 1.82. The van der Waals surface area contributed by atoms with Gasteiger partial charge >= 0.3 is 0 Å². The number of benzene rings is 3. The smallest absolute Gasteiger partial charge is 0.224 e. The minimum atomic E-state index is -0.486. The van der Waals surface area contributed by atoms with Crippen molar-refractivity contribution in [3.05, 3.63) is 77.1 Å². The van der Waals surface area contributed by atoms with Gasteiger partial charge in [-0.15, -0.1) is 0 Å². The number of nitrogens with one attached hydrogen (secondary N) is 1. The number of fused-ring (bicyclic) bond motifs is 1. The minimum absolute atomic E-state index is 0.0790. The molecule has 6 heteroatoms. The lowest BCUT2D eigenvalue weighted by atomic mass is 9.64. The summed E-state index contributed by atoms with van der Waals surface area (Å²) in [5.74, 6) is -0.669. The summed E-state index contributed by atoms with van der Waals surface area (Å²) in [6, 6.07) is 18.6.